The van der Waals surface area contributed by atoms with Crippen molar-refractivity contribution < 1.29 is 14.3 Å². The Bertz CT molecular complexity index is 651. The molecule has 0 saturated carbocycles. The van der Waals surface area contributed by atoms with Crippen molar-refractivity contribution in [3.05, 3.63) is 33.8 Å². The molecule has 0 radical (unpaired) electrons. The van der Waals surface area contributed by atoms with Crippen LogP contribution in [-0.2, 0) is 4.74 Å². The summed E-state index contributed by atoms with van der Waals surface area (Å²) in [6.45, 7) is 2.62. The summed E-state index contributed by atoms with van der Waals surface area (Å²) in [5, 5.41) is 2.85. The first-order valence-electron chi connectivity index (χ1n) is 8.72. The van der Waals surface area contributed by atoms with Gasteiger partial charge >= 0.3 is 6.09 Å². The molecule has 5 nitrogen and oxygen atoms in total. The highest BCUT2D eigenvalue weighted by Crippen LogP contribution is 2.31. The highest BCUT2D eigenvalue weighted by molar-refractivity contribution is 6.37. The highest BCUT2D eigenvalue weighted by atomic mass is 35.5. The van der Waals surface area contributed by atoms with Gasteiger partial charge in [0.25, 0.3) is 5.91 Å². The van der Waals surface area contributed by atoms with Gasteiger partial charge in [0, 0.05) is 17.0 Å². The number of halogens is 2. The standard InChI is InChI=1S/C18H22Cl2N2O3/c19-13-6-7-14(15(20)10-13)17(23)21-18(24)25-11-12-4-3-9-22-8-2-1-5-16(12)22/h6-7,10,12,16H,1-5,8-9,11H2,(H,21,23,24)/t12-,16+/m0/s1. The average Bonchev–Trinajstić information content (AvgIpc) is 2.59. The summed E-state index contributed by atoms with van der Waals surface area (Å²) in [7, 11) is 0. The maximum absolute atomic E-state index is 12.1. The minimum Gasteiger partial charge on any atom is -0.449 e. The molecule has 2 heterocycles. The number of alkyl carbamates (subject to hydrolysis) is 1. The summed E-state index contributed by atoms with van der Waals surface area (Å²) in [4.78, 5) is 26.6. The molecule has 2 amide bonds. The van der Waals surface area contributed by atoms with Gasteiger partial charge in [-0.3, -0.25) is 15.0 Å². The first-order chi connectivity index (χ1) is 12.0. The Morgan fingerprint density at radius 3 is 2.76 bits per heavy atom. The molecule has 7 heteroatoms. The largest absolute Gasteiger partial charge is 0.449 e. The first-order valence-corrected chi connectivity index (χ1v) is 9.47. The van der Waals surface area contributed by atoms with E-state index in [9.17, 15) is 9.59 Å². The van der Waals surface area contributed by atoms with Crippen molar-refractivity contribution in [2.45, 2.75) is 38.1 Å². The smallest absolute Gasteiger partial charge is 0.414 e. The molecular formula is C18H22Cl2N2O3. The number of hydrogen-bond acceptors (Lipinski definition) is 4. The molecule has 1 N–H and O–H groups in total. The second-order valence-corrected chi connectivity index (χ2v) is 7.52. The lowest BCUT2D eigenvalue weighted by molar-refractivity contribution is 0.0235. The minimum atomic E-state index is -0.732. The normalized spacial score (nSPS) is 23.6. The Hall–Kier alpha value is -1.30. The molecule has 0 aliphatic carbocycles. The molecule has 1 aromatic carbocycles. The van der Waals surface area contributed by atoms with Gasteiger partial charge in [0.15, 0.2) is 0 Å². The van der Waals surface area contributed by atoms with Crippen LogP contribution in [0.1, 0.15) is 42.5 Å². The predicted molar refractivity (Wildman–Crippen MR) is 97.2 cm³/mol. The van der Waals surface area contributed by atoms with Crippen molar-refractivity contribution >= 4 is 35.2 Å². The molecule has 1 aromatic rings. The zero-order valence-corrected chi connectivity index (χ0v) is 15.5. The Morgan fingerprint density at radius 2 is 1.96 bits per heavy atom. The molecule has 3 rings (SSSR count). The molecule has 2 saturated heterocycles. The average molecular weight is 385 g/mol. The van der Waals surface area contributed by atoms with Gasteiger partial charge in [-0.05, 0) is 57.0 Å². The van der Waals surface area contributed by atoms with E-state index >= 15 is 0 Å². The molecule has 2 aliphatic rings. The summed E-state index contributed by atoms with van der Waals surface area (Å²) in [6, 6.07) is 4.99. The van der Waals surface area contributed by atoms with E-state index in [1.807, 2.05) is 0 Å². The summed E-state index contributed by atoms with van der Waals surface area (Å²) in [5.74, 6) is -0.247. The topological polar surface area (TPSA) is 58.6 Å². The van der Waals surface area contributed by atoms with Crippen molar-refractivity contribution in [2.24, 2.45) is 5.92 Å². The Balaban J connectivity index is 1.51. The fraction of sp³-hybridized carbons (Fsp3) is 0.556. The van der Waals surface area contributed by atoms with Crippen LogP contribution >= 0.6 is 23.2 Å². The molecule has 0 unspecified atom stereocenters. The van der Waals surface area contributed by atoms with Crippen LogP contribution in [-0.4, -0.2) is 42.6 Å². The maximum Gasteiger partial charge on any atom is 0.414 e. The monoisotopic (exact) mass is 384 g/mol. The van der Waals surface area contributed by atoms with Gasteiger partial charge in [0.05, 0.1) is 17.2 Å². The van der Waals surface area contributed by atoms with Gasteiger partial charge in [-0.25, -0.2) is 4.79 Å². The summed E-state index contributed by atoms with van der Waals surface area (Å²) in [5.41, 5.74) is 0.194. The van der Waals surface area contributed by atoms with Gasteiger partial charge < -0.3 is 4.74 Å². The summed E-state index contributed by atoms with van der Waals surface area (Å²) >= 11 is 11.8. The van der Waals surface area contributed by atoms with Crippen LogP contribution in [0.5, 0.6) is 0 Å². The molecule has 0 aromatic heterocycles. The van der Waals surface area contributed by atoms with E-state index in [4.69, 9.17) is 27.9 Å². The zero-order chi connectivity index (χ0) is 17.8. The minimum absolute atomic E-state index is 0.194. The molecule has 0 spiro atoms. The number of nitrogens with one attached hydrogen (secondary N) is 1. The fourth-order valence-electron chi connectivity index (χ4n) is 3.82. The van der Waals surface area contributed by atoms with Crippen molar-refractivity contribution in [2.75, 3.05) is 19.7 Å². The molecule has 2 fully saturated rings. The van der Waals surface area contributed by atoms with E-state index in [1.165, 1.54) is 25.0 Å². The van der Waals surface area contributed by atoms with Crippen LogP contribution < -0.4 is 5.32 Å². The van der Waals surface area contributed by atoms with Crippen LogP contribution in [0.3, 0.4) is 0 Å². The summed E-state index contributed by atoms with van der Waals surface area (Å²) in [6.07, 6.45) is 5.11. The summed E-state index contributed by atoms with van der Waals surface area (Å²) < 4.78 is 5.32. The van der Waals surface area contributed by atoms with Gasteiger partial charge in [0.1, 0.15) is 0 Å². The van der Waals surface area contributed by atoms with E-state index in [0.29, 0.717) is 23.6 Å². The second-order valence-electron chi connectivity index (χ2n) is 6.68. The van der Waals surface area contributed by atoms with E-state index in [-0.39, 0.29) is 10.6 Å². The van der Waals surface area contributed by atoms with E-state index in [1.54, 1.807) is 6.07 Å². The predicted octanol–water partition coefficient (Wildman–Crippen LogP) is 4.12. The molecular weight excluding hydrogens is 363 g/mol. The van der Waals surface area contributed by atoms with Crippen LogP contribution in [0.25, 0.3) is 0 Å². The van der Waals surface area contributed by atoms with Crippen LogP contribution in [0, 0.1) is 5.92 Å². The zero-order valence-electron chi connectivity index (χ0n) is 14.0. The third-order valence-electron chi connectivity index (χ3n) is 5.05. The number of carbonyl (C=O) groups excluding carboxylic acids is 2. The SMILES string of the molecule is O=C(NC(=O)c1ccc(Cl)cc1Cl)OC[C@@H]1CCCN2CCCC[C@H]12. The number of amides is 2. The first kappa shape index (κ1) is 18.5. The van der Waals surface area contributed by atoms with Gasteiger partial charge in [-0.2, -0.15) is 0 Å². The lowest BCUT2D eigenvalue weighted by Crippen LogP contribution is -2.49. The van der Waals surface area contributed by atoms with Crippen molar-refractivity contribution in [3.63, 3.8) is 0 Å². The van der Waals surface area contributed by atoms with Gasteiger partial charge in [-0.1, -0.05) is 29.6 Å². The molecule has 2 atom stereocenters. The van der Waals surface area contributed by atoms with Crippen molar-refractivity contribution in [3.8, 4) is 0 Å². The number of benzene rings is 1. The van der Waals surface area contributed by atoms with Crippen LogP contribution in [0.2, 0.25) is 10.0 Å². The van der Waals surface area contributed by atoms with Crippen molar-refractivity contribution in [1.29, 1.82) is 0 Å². The van der Waals surface area contributed by atoms with Crippen LogP contribution in [0.15, 0.2) is 18.2 Å². The number of carbonyl (C=O) groups is 2. The Morgan fingerprint density at radius 1 is 1.16 bits per heavy atom. The van der Waals surface area contributed by atoms with Crippen LogP contribution in [0.4, 0.5) is 4.79 Å². The molecule has 25 heavy (non-hydrogen) atoms. The third kappa shape index (κ3) is 4.66. The maximum atomic E-state index is 12.1. The fourth-order valence-corrected chi connectivity index (χ4v) is 4.32. The van der Waals surface area contributed by atoms with E-state index < -0.39 is 12.0 Å². The number of hydrogen-bond donors (Lipinski definition) is 1. The molecule has 136 valence electrons. The number of rotatable bonds is 3. The number of piperidine rings is 2. The highest BCUT2D eigenvalue weighted by Gasteiger charge is 2.33. The van der Waals surface area contributed by atoms with E-state index in [0.717, 1.165) is 32.4 Å². The molecule has 2 aliphatic heterocycles. The number of imide groups is 1. The van der Waals surface area contributed by atoms with Gasteiger partial charge in [0.2, 0.25) is 0 Å². The number of fused-ring (bicyclic) bond motifs is 1. The second kappa shape index (κ2) is 8.39. The number of ether oxygens (including phenoxy) is 1. The Kier molecular flexibility index (Phi) is 6.20. The molecule has 0 bridgehead atoms. The number of nitrogens with zero attached hydrogens (tertiary/aromatic N) is 1. The Labute approximate surface area is 157 Å². The quantitative estimate of drug-likeness (QED) is 0.850. The van der Waals surface area contributed by atoms with E-state index in [2.05, 4.69) is 10.2 Å². The third-order valence-corrected chi connectivity index (χ3v) is 5.60. The lowest BCUT2D eigenvalue weighted by Gasteiger charge is -2.44. The van der Waals surface area contributed by atoms with Crippen molar-refractivity contribution in [1.82, 2.24) is 10.2 Å². The van der Waals surface area contributed by atoms with Gasteiger partial charge in [-0.15, -0.1) is 0 Å². The lowest BCUT2D eigenvalue weighted by atomic mass is 9.84.